The maximum absolute atomic E-state index is 5.80. The van der Waals surface area contributed by atoms with E-state index in [1.807, 2.05) is 0 Å². The van der Waals surface area contributed by atoms with Gasteiger partial charge in [0.2, 0.25) is 0 Å². The Morgan fingerprint density at radius 1 is 1.22 bits per heavy atom. The summed E-state index contributed by atoms with van der Waals surface area (Å²) in [6, 6.07) is 0. The fraction of sp³-hybridized carbons (Fsp3) is 1.00. The van der Waals surface area contributed by atoms with Gasteiger partial charge < -0.3 is 15.0 Å². The molecule has 0 bridgehead atoms. The van der Waals surface area contributed by atoms with Crippen LogP contribution >= 0.6 is 0 Å². The highest BCUT2D eigenvalue weighted by Gasteiger charge is 2.17. The summed E-state index contributed by atoms with van der Waals surface area (Å²) in [6.07, 6.45) is 3.74. The molecule has 3 nitrogen and oxygen atoms in total. The van der Waals surface area contributed by atoms with Gasteiger partial charge in [0.05, 0.1) is 0 Å². The first-order valence-corrected chi connectivity index (χ1v) is 7.56. The van der Waals surface area contributed by atoms with Gasteiger partial charge in [-0.05, 0) is 72.1 Å². The molecule has 0 spiro atoms. The summed E-state index contributed by atoms with van der Waals surface area (Å²) in [6.45, 7) is 15.5. The molecule has 1 aliphatic rings. The molecule has 0 unspecified atom stereocenters. The van der Waals surface area contributed by atoms with Crippen molar-refractivity contribution in [3.8, 4) is 0 Å². The minimum atomic E-state index is 0.229. The van der Waals surface area contributed by atoms with Crippen molar-refractivity contribution in [3.63, 3.8) is 0 Å². The van der Waals surface area contributed by atoms with Gasteiger partial charge in [0.1, 0.15) is 0 Å². The molecule has 0 radical (unpaired) electrons. The van der Waals surface area contributed by atoms with Gasteiger partial charge in [0.15, 0.2) is 0 Å². The zero-order valence-corrected chi connectivity index (χ0v) is 12.8. The highest BCUT2D eigenvalue weighted by atomic mass is 16.5. The Hall–Kier alpha value is -0.120. The van der Waals surface area contributed by atoms with Crippen LogP contribution in [0.3, 0.4) is 0 Å². The fourth-order valence-corrected chi connectivity index (χ4v) is 2.36. The van der Waals surface area contributed by atoms with Crippen LogP contribution in [0.25, 0.3) is 0 Å². The van der Waals surface area contributed by atoms with Crippen molar-refractivity contribution in [2.45, 2.75) is 52.5 Å². The third kappa shape index (κ3) is 7.34. The van der Waals surface area contributed by atoms with Gasteiger partial charge in [-0.1, -0.05) is 6.92 Å². The number of ether oxygens (including phenoxy) is 1. The standard InChI is InChI=1S/C15H32N2O/c1-5-17-10-7-14(8-11-17)13-18-12-6-9-16-15(2,3)4/h14,16H,5-13H2,1-4H3. The fourth-order valence-electron chi connectivity index (χ4n) is 2.36. The van der Waals surface area contributed by atoms with Gasteiger partial charge in [-0.25, -0.2) is 0 Å². The maximum Gasteiger partial charge on any atom is 0.0495 e. The van der Waals surface area contributed by atoms with E-state index in [1.165, 1.54) is 32.5 Å². The van der Waals surface area contributed by atoms with E-state index in [9.17, 15) is 0 Å². The number of nitrogens with zero attached hydrogens (tertiary/aromatic N) is 1. The third-order valence-corrected chi connectivity index (χ3v) is 3.63. The van der Waals surface area contributed by atoms with Crippen molar-refractivity contribution in [2.75, 3.05) is 39.4 Å². The number of likely N-dealkylation sites (tertiary alicyclic amines) is 1. The lowest BCUT2D eigenvalue weighted by Crippen LogP contribution is -2.37. The van der Waals surface area contributed by atoms with E-state index in [4.69, 9.17) is 4.74 Å². The Morgan fingerprint density at radius 3 is 2.44 bits per heavy atom. The Labute approximate surface area is 113 Å². The topological polar surface area (TPSA) is 24.5 Å². The summed E-state index contributed by atoms with van der Waals surface area (Å²) >= 11 is 0. The van der Waals surface area contributed by atoms with E-state index in [1.54, 1.807) is 0 Å². The first-order valence-electron chi connectivity index (χ1n) is 7.56. The van der Waals surface area contributed by atoms with E-state index in [0.717, 1.165) is 32.1 Å². The lowest BCUT2D eigenvalue weighted by molar-refractivity contribution is 0.0664. The normalized spacial score (nSPS) is 19.3. The van der Waals surface area contributed by atoms with Crippen LogP contribution in [0.2, 0.25) is 0 Å². The van der Waals surface area contributed by atoms with E-state index in [2.05, 4.69) is 37.9 Å². The molecule has 1 fully saturated rings. The second kappa shape index (κ2) is 8.13. The molecule has 1 rings (SSSR count). The molecule has 18 heavy (non-hydrogen) atoms. The average Bonchev–Trinajstić information content (AvgIpc) is 2.33. The molecule has 108 valence electrons. The van der Waals surface area contributed by atoms with Crippen LogP contribution in [0.15, 0.2) is 0 Å². The third-order valence-electron chi connectivity index (χ3n) is 3.63. The molecule has 0 aliphatic carbocycles. The number of hydrogen-bond acceptors (Lipinski definition) is 3. The second-order valence-corrected chi connectivity index (χ2v) is 6.48. The van der Waals surface area contributed by atoms with E-state index >= 15 is 0 Å². The summed E-state index contributed by atoms with van der Waals surface area (Å²) < 4.78 is 5.80. The van der Waals surface area contributed by atoms with Gasteiger partial charge >= 0.3 is 0 Å². The molecule has 1 N–H and O–H groups in total. The Balaban J connectivity index is 1.93. The van der Waals surface area contributed by atoms with Gasteiger partial charge in [0, 0.05) is 18.8 Å². The molecule has 0 aromatic rings. The molecule has 0 aromatic heterocycles. The average molecular weight is 256 g/mol. The molecule has 3 heteroatoms. The van der Waals surface area contributed by atoms with Crippen LogP contribution in [0.5, 0.6) is 0 Å². The highest BCUT2D eigenvalue weighted by Crippen LogP contribution is 2.17. The van der Waals surface area contributed by atoms with Crippen LogP contribution in [0.1, 0.15) is 47.0 Å². The summed E-state index contributed by atoms with van der Waals surface area (Å²) in [5.74, 6) is 0.795. The molecule has 0 amide bonds. The van der Waals surface area contributed by atoms with Crippen LogP contribution in [-0.4, -0.2) is 49.8 Å². The Kier molecular flexibility index (Phi) is 7.20. The molecule has 1 saturated heterocycles. The monoisotopic (exact) mass is 256 g/mol. The van der Waals surface area contributed by atoms with Crippen LogP contribution < -0.4 is 5.32 Å². The molecule has 0 saturated carbocycles. The molecule has 1 aliphatic heterocycles. The minimum absolute atomic E-state index is 0.229. The number of nitrogens with one attached hydrogen (secondary N) is 1. The maximum atomic E-state index is 5.80. The van der Waals surface area contributed by atoms with Gasteiger partial charge in [-0.15, -0.1) is 0 Å². The Bertz CT molecular complexity index is 205. The lowest BCUT2D eigenvalue weighted by Gasteiger charge is -2.30. The quantitative estimate of drug-likeness (QED) is 0.708. The molecule has 0 atom stereocenters. The van der Waals surface area contributed by atoms with Crippen molar-refractivity contribution in [1.29, 1.82) is 0 Å². The van der Waals surface area contributed by atoms with Crippen LogP contribution in [0.4, 0.5) is 0 Å². The summed E-state index contributed by atoms with van der Waals surface area (Å²) in [7, 11) is 0. The van der Waals surface area contributed by atoms with Gasteiger partial charge in [-0.2, -0.15) is 0 Å². The van der Waals surface area contributed by atoms with Crippen molar-refractivity contribution in [3.05, 3.63) is 0 Å². The zero-order chi connectivity index (χ0) is 13.4. The zero-order valence-electron chi connectivity index (χ0n) is 12.8. The largest absolute Gasteiger partial charge is 0.381 e. The summed E-state index contributed by atoms with van der Waals surface area (Å²) in [4.78, 5) is 2.53. The van der Waals surface area contributed by atoms with Crippen molar-refractivity contribution < 1.29 is 4.74 Å². The van der Waals surface area contributed by atoms with E-state index in [-0.39, 0.29) is 5.54 Å². The Morgan fingerprint density at radius 2 is 1.89 bits per heavy atom. The minimum Gasteiger partial charge on any atom is -0.381 e. The van der Waals surface area contributed by atoms with E-state index < -0.39 is 0 Å². The van der Waals surface area contributed by atoms with Gasteiger partial charge in [-0.3, -0.25) is 0 Å². The summed E-state index contributed by atoms with van der Waals surface area (Å²) in [5, 5.41) is 3.49. The number of rotatable bonds is 7. The SMILES string of the molecule is CCN1CCC(COCCCNC(C)(C)C)CC1. The smallest absolute Gasteiger partial charge is 0.0495 e. The van der Waals surface area contributed by atoms with Crippen molar-refractivity contribution in [2.24, 2.45) is 5.92 Å². The molecular formula is C15H32N2O. The second-order valence-electron chi connectivity index (χ2n) is 6.48. The molecule has 0 aromatic carbocycles. The lowest BCUT2D eigenvalue weighted by atomic mass is 9.98. The van der Waals surface area contributed by atoms with Crippen molar-refractivity contribution in [1.82, 2.24) is 10.2 Å². The molecular weight excluding hydrogens is 224 g/mol. The van der Waals surface area contributed by atoms with Gasteiger partial charge in [0.25, 0.3) is 0 Å². The van der Waals surface area contributed by atoms with E-state index in [0.29, 0.717) is 0 Å². The van der Waals surface area contributed by atoms with Crippen LogP contribution in [0, 0.1) is 5.92 Å². The predicted octanol–water partition coefficient (Wildman–Crippen LogP) is 2.51. The summed E-state index contributed by atoms with van der Waals surface area (Å²) in [5.41, 5.74) is 0.229. The molecule has 1 heterocycles. The first-order chi connectivity index (χ1) is 8.51. The predicted molar refractivity (Wildman–Crippen MR) is 78.0 cm³/mol. The number of hydrogen-bond donors (Lipinski definition) is 1. The van der Waals surface area contributed by atoms with Crippen molar-refractivity contribution >= 4 is 0 Å². The van der Waals surface area contributed by atoms with Crippen LogP contribution in [-0.2, 0) is 4.74 Å². The first kappa shape index (κ1) is 15.9. The highest BCUT2D eigenvalue weighted by molar-refractivity contribution is 4.71. The number of piperidine rings is 1.